The quantitative estimate of drug-likeness (QED) is 0.265. The number of nitrogens with zero attached hydrogens (tertiary/aromatic N) is 1. The largest absolute Gasteiger partial charge is 0.409 e. The molecule has 0 radical (unpaired) electrons. The van der Waals surface area contributed by atoms with Gasteiger partial charge < -0.3 is 21.4 Å². The van der Waals surface area contributed by atoms with Gasteiger partial charge in [0.05, 0.1) is 0 Å². The van der Waals surface area contributed by atoms with Crippen LogP contribution in [0.4, 0.5) is 0 Å². The second-order valence-electron chi connectivity index (χ2n) is 5.37. The van der Waals surface area contributed by atoms with Gasteiger partial charge >= 0.3 is 0 Å². The van der Waals surface area contributed by atoms with Crippen LogP contribution in [0.15, 0.2) is 23.4 Å². The molecular formula is C15H25N3O2. The van der Waals surface area contributed by atoms with E-state index in [1.807, 2.05) is 25.1 Å². The van der Waals surface area contributed by atoms with Crippen molar-refractivity contribution >= 4 is 5.84 Å². The molecule has 1 atom stereocenters. The molecule has 5 N–H and O–H groups in total. The fourth-order valence-electron chi connectivity index (χ4n) is 2.06. The van der Waals surface area contributed by atoms with Gasteiger partial charge in [0.1, 0.15) is 0 Å². The molecule has 112 valence electrons. The van der Waals surface area contributed by atoms with Crippen LogP contribution in [0.3, 0.4) is 0 Å². The normalized spacial score (nSPS) is 15.1. The number of benzene rings is 1. The zero-order chi connectivity index (χ0) is 15.2. The molecule has 0 amide bonds. The Hall–Kier alpha value is -1.59. The minimum Gasteiger partial charge on any atom is -0.409 e. The fraction of sp³-hybridized carbons (Fsp3) is 0.533. The first kappa shape index (κ1) is 16.5. The van der Waals surface area contributed by atoms with Gasteiger partial charge in [0.25, 0.3) is 0 Å². The number of oxime groups is 1. The maximum Gasteiger partial charge on any atom is 0.170 e. The maximum atomic E-state index is 9.12. The molecular weight excluding hydrogens is 254 g/mol. The monoisotopic (exact) mass is 279 g/mol. The van der Waals surface area contributed by atoms with Crippen molar-refractivity contribution in [2.75, 3.05) is 6.61 Å². The van der Waals surface area contributed by atoms with E-state index in [-0.39, 0.29) is 18.0 Å². The minimum absolute atomic E-state index is 0.0640. The number of rotatable bonds is 7. The first-order chi connectivity index (χ1) is 9.45. The number of nitrogens with two attached hydrogens (primary N) is 1. The molecule has 20 heavy (non-hydrogen) atoms. The summed E-state index contributed by atoms with van der Waals surface area (Å²) in [6, 6.07) is 5.72. The Morgan fingerprint density at radius 1 is 1.45 bits per heavy atom. The molecule has 0 saturated heterocycles. The van der Waals surface area contributed by atoms with E-state index >= 15 is 0 Å². The summed E-state index contributed by atoms with van der Waals surface area (Å²) in [5.41, 5.74) is 8.47. The van der Waals surface area contributed by atoms with Gasteiger partial charge in [-0.15, -0.1) is 0 Å². The average molecular weight is 279 g/mol. The van der Waals surface area contributed by atoms with Gasteiger partial charge in [-0.3, -0.25) is 0 Å². The predicted molar refractivity (Wildman–Crippen MR) is 80.9 cm³/mol. The number of hydrogen-bond acceptors (Lipinski definition) is 4. The molecule has 5 heteroatoms. The van der Waals surface area contributed by atoms with Crippen molar-refractivity contribution in [1.82, 2.24) is 5.32 Å². The molecule has 0 fully saturated rings. The van der Waals surface area contributed by atoms with Crippen molar-refractivity contribution in [3.05, 3.63) is 34.9 Å². The average Bonchev–Trinajstić information content (AvgIpc) is 2.45. The molecule has 0 aliphatic carbocycles. The van der Waals surface area contributed by atoms with Crippen molar-refractivity contribution in [1.29, 1.82) is 0 Å². The van der Waals surface area contributed by atoms with Crippen LogP contribution in [0, 0.1) is 6.92 Å². The summed E-state index contributed by atoms with van der Waals surface area (Å²) >= 11 is 0. The van der Waals surface area contributed by atoms with Gasteiger partial charge in [-0.1, -0.05) is 24.2 Å². The van der Waals surface area contributed by atoms with Crippen LogP contribution in [-0.4, -0.2) is 28.3 Å². The van der Waals surface area contributed by atoms with Gasteiger partial charge in [0.15, 0.2) is 5.84 Å². The van der Waals surface area contributed by atoms with Gasteiger partial charge in [-0.2, -0.15) is 0 Å². The highest BCUT2D eigenvalue weighted by molar-refractivity contribution is 5.97. The summed E-state index contributed by atoms with van der Waals surface area (Å²) < 4.78 is 0. The number of aliphatic hydroxyl groups is 1. The van der Waals surface area contributed by atoms with E-state index < -0.39 is 0 Å². The zero-order valence-electron chi connectivity index (χ0n) is 12.5. The summed E-state index contributed by atoms with van der Waals surface area (Å²) in [7, 11) is 0. The lowest BCUT2D eigenvalue weighted by atomic mass is 9.94. The smallest absolute Gasteiger partial charge is 0.170 e. The van der Waals surface area contributed by atoms with Crippen LogP contribution < -0.4 is 11.1 Å². The molecule has 0 aromatic heterocycles. The number of hydrogen-bond donors (Lipinski definition) is 4. The zero-order valence-corrected chi connectivity index (χ0v) is 12.5. The summed E-state index contributed by atoms with van der Waals surface area (Å²) in [6.45, 7) is 7.13. The molecule has 0 heterocycles. The molecule has 1 aromatic carbocycles. The summed E-state index contributed by atoms with van der Waals surface area (Å²) in [5.74, 6) is 0.117. The standard InChI is InChI=1S/C15H25N3O2/c1-4-15(3,7-8-19)17-10-13-6-5-12(9-11(13)2)14(16)18-20/h5-6,9,17,19-20H,4,7-8,10H2,1-3H3,(H2,16,18). The SMILES string of the molecule is CCC(C)(CCO)NCc1ccc(/C(N)=N/O)cc1C. The highest BCUT2D eigenvalue weighted by Gasteiger charge is 2.20. The van der Waals surface area contributed by atoms with E-state index in [1.54, 1.807) is 0 Å². The highest BCUT2D eigenvalue weighted by atomic mass is 16.4. The summed E-state index contributed by atoms with van der Waals surface area (Å²) in [6.07, 6.45) is 1.68. The Bertz CT molecular complexity index is 474. The van der Waals surface area contributed by atoms with Crippen molar-refractivity contribution in [3.63, 3.8) is 0 Å². The van der Waals surface area contributed by atoms with E-state index in [9.17, 15) is 0 Å². The maximum absolute atomic E-state index is 9.12. The molecule has 0 spiro atoms. The van der Waals surface area contributed by atoms with Crippen molar-refractivity contribution in [2.24, 2.45) is 10.9 Å². The number of aryl methyl sites for hydroxylation is 1. The summed E-state index contributed by atoms with van der Waals surface area (Å²) in [4.78, 5) is 0. The first-order valence-electron chi connectivity index (χ1n) is 6.89. The van der Waals surface area contributed by atoms with Crippen molar-refractivity contribution < 1.29 is 10.3 Å². The Morgan fingerprint density at radius 2 is 2.15 bits per heavy atom. The Labute approximate surface area is 120 Å². The second kappa shape index (κ2) is 7.26. The molecule has 5 nitrogen and oxygen atoms in total. The van der Waals surface area contributed by atoms with E-state index in [2.05, 4.69) is 24.3 Å². The Balaban J connectivity index is 2.79. The Morgan fingerprint density at radius 3 is 2.65 bits per heavy atom. The Kier molecular flexibility index (Phi) is 5.98. The summed E-state index contributed by atoms with van der Waals surface area (Å²) in [5, 5.41) is 24.3. The van der Waals surface area contributed by atoms with Gasteiger partial charge in [-0.05, 0) is 43.9 Å². The van der Waals surface area contributed by atoms with Crippen LogP contribution in [-0.2, 0) is 6.54 Å². The lowest BCUT2D eigenvalue weighted by Gasteiger charge is -2.29. The second-order valence-corrected chi connectivity index (χ2v) is 5.37. The van der Waals surface area contributed by atoms with Gasteiger partial charge in [-0.25, -0.2) is 0 Å². The third-order valence-corrected chi connectivity index (χ3v) is 3.90. The van der Waals surface area contributed by atoms with Crippen LogP contribution in [0.1, 0.15) is 43.4 Å². The highest BCUT2D eigenvalue weighted by Crippen LogP contribution is 2.17. The van der Waals surface area contributed by atoms with E-state index in [0.29, 0.717) is 5.56 Å². The molecule has 1 unspecified atom stereocenters. The van der Waals surface area contributed by atoms with Gasteiger partial charge in [0.2, 0.25) is 0 Å². The predicted octanol–water partition coefficient (Wildman–Crippen LogP) is 1.73. The van der Waals surface area contributed by atoms with Crippen molar-refractivity contribution in [2.45, 2.75) is 45.7 Å². The van der Waals surface area contributed by atoms with E-state index in [1.165, 1.54) is 0 Å². The van der Waals surface area contributed by atoms with Crippen LogP contribution in [0.2, 0.25) is 0 Å². The van der Waals surface area contributed by atoms with Crippen LogP contribution in [0.25, 0.3) is 0 Å². The number of nitrogens with one attached hydrogen (secondary N) is 1. The molecule has 0 aliphatic heterocycles. The van der Waals surface area contributed by atoms with Crippen molar-refractivity contribution in [3.8, 4) is 0 Å². The topological polar surface area (TPSA) is 90.9 Å². The third-order valence-electron chi connectivity index (χ3n) is 3.90. The van der Waals surface area contributed by atoms with Crippen LogP contribution >= 0.6 is 0 Å². The van der Waals surface area contributed by atoms with E-state index in [0.717, 1.165) is 30.5 Å². The van der Waals surface area contributed by atoms with Crippen LogP contribution in [0.5, 0.6) is 0 Å². The van der Waals surface area contributed by atoms with E-state index in [4.69, 9.17) is 16.0 Å². The molecule has 0 aliphatic rings. The lowest BCUT2D eigenvalue weighted by molar-refractivity contribution is 0.214. The lowest BCUT2D eigenvalue weighted by Crippen LogP contribution is -2.42. The molecule has 1 rings (SSSR count). The first-order valence-corrected chi connectivity index (χ1v) is 6.89. The molecule has 0 bridgehead atoms. The number of aliphatic hydroxyl groups excluding tert-OH is 1. The molecule has 0 saturated carbocycles. The third kappa shape index (κ3) is 4.21. The molecule has 1 aromatic rings. The minimum atomic E-state index is -0.0640. The number of amidine groups is 1. The fourth-order valence-corrected chi connectivity index (χ4v) is 2.06. The van der Waals surface area contributed by atoms with Gasteiger partial charge in [0, 0.05) is 24.3 Å².